The van der Waals surface area contributed by atoms with Crippen LogP contribution in [0.4, 0.5) is 18.9 Å². The van der Waals surface area contributed by atoms with Crippen molar-refractivity contribution in [1.82, 2.24) is 4.98 Å². The number of nitriles is 1. The predicted octanol–water partition coefficient (Wildman–Crippen LogP) is 3.26. The number of H-pyrrole nitrogens is 1. The van der Waals surface area contributed by atoms with Gasteiger partial charge in [-0.05, 0) is 24.3 Å². The quantitative estimate of drug-likeness (QED) is 0.759. The summed E-state index contributed by atoms with van der Waals surface area (Å²) in [6.07, 6.45) is 0.983. The molecule has 0 spiro atoms. The predicted molar refractivity (Wildman–Crippen MR) is 80.1 cm³/mol. The highest BCUT2D eigenvalue weighted by Crippen LogP contribution is 2.28. The van der Waals surface area contributed by atoms with Gasteiger partial charge in [0.2, 0.25) is 0 Å². The van der Waals surface area contributed by atoms with E-state index in [1.807, 2.05) is 4.72 Å². The number of aromatic amines is 1. The number of anilines is 1. The van der Waals surface area contributed by atoms with Gasteiger partial charge in [0.1, 0.15) is 22.3 Å². The number of benzene rings is 2. The maximum atomic E-state index is 13.9. The highest BCUT2D eigenvalue weighted by molar-refractivity contribution is 7.93. The molecular formula is C15H8F3N3O2S. The van der Waals surface area contributed by atoms with Crippen molar-refractivity contribution in [2.45, 2.75) is 4.90 Å². The van der Waals surface area contributed by atoms with Gasteiger partial charge in [0.05, 0.1) is 28.2 Å². The minimum Gasteiger partial charge on any atom is -0.360 e. The number of nitrogens with one attached hydrogen (secondary N) is 2. The standard InChI is InChI=1S/C15H8F3N3O2S/c16-9-4-11(18)15-13(5-9)20-7-14(15)24(22,23)21-12-2-1-8(6-19)3-10(12)17/h1-5,7,20-21H. The maximum Gasteiger partial charge on any atom is 0.264 e. The zero-order valence-corrected chi connectivity index (χ0v) is 12.6. The second kappa shape index (κ2) is 5.58. The number of halogens is 3. The number of rotatable bonds is 3. The third kappa shape index (κ3) is 2.68. The summed E-state index contributed by atoms with van der Waals surface area (Å²) < 4.78 is 67.7. The molecule has 3 rings (SSSR count). The van der Waals surface area contributed by atoms with Crippen LogP contribution in [-0.4, -0.2) is 13.4 Å². The Bertz CT molecular complexity index is 1100. The van der Waals surface area contributed by atoms with E-state index >= 15 is 0 Å². The van der Waals surface area contributed by atoms with Crippen LogP contribution in [-0.2, 0) is 10.0 Å². The number of aromatic nitrogens is 1. The van der Waals surface area contributed by atoms with Gasteiger partial charge < -0.3 is 4.98 Å². The Morgan fingerprint density at radius 1 is 1.08 bits per heavy atom. The topological polar surface area (TPSA) is 85.8 Å². The smallest absolute Gasteiger partial charge is 0.264 e. The van der Waals surface area contributed by atoms with Crippen molar-refractivity contribution in [2.75, 3.05) is 4.72 Å². The van der Waals surface area contributed by atoms with E-state index in [1.54, 1.807) is 6.07 Å². The Morgan fingerprint density at radius 3 is 2.50 bits per heavy atom. The average Bonchev–Trinajstić information content (AvgIpc) is 2.94. The van der Waals surface area contributed by atoms with Gasteiger partial charge in [0.25, 0.3) is 10.0 Å². The fraction of sp³-hybridized carbons (Fsp3) is 0. The number of nitrogens with zero attached hydrogens (tertiary/aromatic N) is 1. The summed E-state index contributed by atoms with van der Waals surface area (Å²) in [5.74, 6) is -2.88. The summed E-state index contributed by atoms with van der Waals surface area (Å²) in [5.41, 5.74) is -0.428. The van der Waals surface area contributed by atoms with E-state index in [0.29, 0.717) is 6.07 Å². The molecular weight excluding hydrogens is 343 g/mol. The summed E-state index contributed by atoms with van der Waals surface area (Å²) in [4.78, 5) is 1.97. The van der Waals surface area contributed by atoms with E-state index < -0.39 is 38.1 Å². The molecule has 3 aromatic rings. The number of fused-ring (bicyclic) bond motifs is 1. The molecule has 1 heterocycles. The summed E-state index contributed by atoms with van der Waals surface area (Å²) in [7, 11) is -4.34. The fourth-order valence-corrected chi connectivity index (χ4v) is 3.49. The van der Waals surface area contributed by atoms with Gasteiger partial charge in [-0.1, -0.05) is 0 Å². The number of sulfonamides is 1. The van der Waals surface area contributed by atoms with Crippen molar-refractivity contribution in [2.24, 2.45) is 0 Å². The normalized spacial score (nSPS) is 11.4. The second-order valence-electron chi connectivity index (χ2n) is 4.88. The van der Waals surface area contributed by atoms with E-state index in [1.165, 1.54) is 6.07 Å². The molecule has 0 radical (unpaired) electrons. The zero-order chi connectivity index (χ0) is 17.5. The van der Waals surface area contributed by atoms with Crippen molar-refractivity contribution in [3.8, 4) is 6.07 Å². The molecule has 2 aromatic carbocycles. The first-order valence-electron chi connectivity index (χ1n) is 6.50. The lowest BCUT2D eigenvalue weighted by Crippen LogP contribution is -2.14. The molecule has 0 aliphatic rings. The molecule has 0 atom stereocenters. The third-order valence-corrected chi connectivity index (χ3v) is 4.68. The summed E-state index contributed by atoms with van der Waals surface area (Å²) in [6.45, 7) is 0. The Labute approximate surface area is 134 Å². The largest absolute Gasteiger partial charge is 0.360 e. The Kier molecular flexibility index (Phi) is 3.69. The second-order valence-corrected chi connectivity index (χ2v) is 6.53. The first kappa shape index (κ1) is 15.9. The molecule has 9 heteroatoms. The van der Waals surface area contributed by atoms with Gasteiger partial charge in [-0.15, -0.1) is 0 Å². The number of hydrogen-bond acceptors (Lipinski definition) is 3. The molecule has 24 heavy (non-hydrogen) atoms. The van der Waals surface area contributed by atoms with Gasteiger partial charge in [0.15, 0.2) is 0 Å². The van der Waals surface area contributed by atoms with E-state index in [0.717, 1.165) is 24.4 Å². The van der Waals surface area contributed by atoms with Crippen molar-refractivity contribution in [3.63, 3.8) is 0 Å². The van der Waals surface area contributed by atoms with Gasteiger partial charge in [-0.25, -0.2) is 21.6 Å². The Hall–Kier alpha value is -2.99. The van der Waals surface area contributed by atoms with Crippen molar-refractivity contribution < 1.29 is 21.6 Å². The van der Waals surface area contributed by atoms with Crippen LogP contribution in [0.3, 0.4) is 0 Å². The Balaban J connectivity index is 2.08. The molecule has 1 aromatic heterocycles. The molecule has 0 unspecified atom stereocenters. The lowest BCUT2D eigenvalue weighted by Gasteiger charge is -2.08. The van der Waals surface area contributed by atoms with E-state index in [9.17, 15) is 21.6 Å². The molecule has 0 saturated heterocycles. The van der Waals surface area contributed by atoms with E-state index in [2.05, 4.69) is 4.98 Å². The molecule has 0 amide bonds. The van der Waals surface area contributed by atoms with Gasteiger partial charge in [-0.2, -0.15) is 5.26 Å². The van der Waals surface area contributed by atoms with Crippen LogP contribution < -0.4 is 4.72 Å². The van der Waals surface area contributed by atoms with Crippen LogP contribution in [0.1, 0.15) is 5.56 Å². The van der Waals surface area contributed by atoms with Crippen LogP contribution in [0.5, 0.6) is 0 Å². The minimum absolute atomic E-state index is 0.0176. The van der Waals surface area contributed by atoms with E-state index in [4.69, 9.17) is 5.26 Å². The maximum absolute atomic E-state index is 13.9. The minimum atomic E-state index is -4.34. The van der Waals surface area contributed by atoms with Crippen LogP contribution in [0, 0.1) is 28.8 Å². The molecule has 5 nitrogen and oxygen atoms in total. The van der Waals surface area contributed by atoms with Gasteiger partial charge in [-0.3, -0.25) is 4.72 Å². The summed E-state index contributed by atoms with van der Waals surface area (Å²) >= 11 is 0. The van der Waals surface area contributed by atoms with Gasteiger partial charge in [0, 0.05) is 12.3 Å². The molecule has 0 aliphatic carbocycles. The van der Waals surface area contributed by atoms with Crippen molar-refractivity contribution >= 4 is 26.6 Å². The third-order valence-electron chi connectivity index (χ3n) is 3.29. The monoisotopic (exact) mass is 351 g/mol. The SMILES string of the molecule is N#Cc1ccc(NS(=O)(=O)c2c[nH]c3cc(F)cc(F)c23)c(F)c1. The lowest BCUT2D eigenvalue weighted by molar-refractivity contribution is 0.587. The molecule has 0 aliphatic heterocycles. The lowest BCUT2D eigenvalue weighted by atomic mass is 10.2. The average molecular weight is 351 g/mol. The fourth-order valence-electron chi connectivity index (χ4n) is 2.23. The molecule has 0 saturated carbocycles. The summed E-state index contributed by atoms with van der Waals surface area (Å²) in [5, 5.41) is 8.34. The highest BCUT2D eigenvalue weighted by Gasteiger charge is 2.23. The van der Waals surface area contributed by atoms with Crippen LogP contribution in [0.25, 0.3) is 10.9 Å². The Morgan fingerprint density at radius 2 is 1.83 bits per heavy atom. The molecule has 0 fully saturated rings. The zero-order valence-electron chi connectivity index (χ0n) is 11.8. The first-order valence-corrected chi connectivity index (χ1v) is 7.99. The van der Waals surface area contributed by atoms with Crippen LogP contribution in [0.15, 0.2) is 41.4 Å². The molecule has 122 valence electrons. The number of hydrogen-bond donors (Lipinski definition) is 2. The van der Waals surface area contributed by atoms with Crippen molar-refractivity contribution in [1.29, 1.82) is 5.26 Å². The van der Waals surface area contributed by atoms with Crippen molar-refractivity contribution in [3.05, 3.63) is 59.5 Å². The van der Waals surface area contributed by atoms with Crippen LogP contribution >= 0.6 is 0 Å². The molecule has 2 N–H and O–H groups in total. The van der Waals surface area contributed by atoms with E-state index in [-0.39, 0.29) is 16.5 Å². The van der Waals surface area contributed by atoms with Crippen LogP contribution in [0.2, 0.25) is 0 Å². The highest BCUT2D eigenvalue weighted by atomic mass is 32.2. The summed E-state index contributed by atoms with van der Waals surface area (Å²) in [6, 6.07) is 6.38. The first-order chi connectivity index (χ1) is 11.3. The molecule has 0 bridgehead atoms. The van der Waals surface area contributed by atoms with Gasteiger partial charge >= 0.3 is 0 Å².